The van der Waals surface area contributed by atoms with E-state index in [0.717, 1.165) is 12.8 Å². The van der Waals surface area contributed by atoms with Gasteiger partial charge in [-0.3, -0.25) is 39.2 Å². The van der Waals surface area contributed by atoms with E-state index in [2.05, 4.69) is 32.7 Å². The molecule has 6 aromatic rings. The quantitative estimate of drug-likeness (QED) is 0.0742. The summed E-state index contributed by atoms with van der Waals surface area (Å²) in [5.74, 6) is 4.70. The normalized spacial score (nSPS) is 13.9. The van der Waals surface area contributed by atoms with Gasteiger partial charge in [-0.05, 0) is 97.7 Å². The zero-order chi connectivity index (χ0) is 49.7. The van der Waals surface area contributed by atoms with Crippen molar-refractivity contribution >= 4 is 63.7 Å². The molecule has 21 nitrogen and oxygen atoms in total. The van der Waals surface area contributed by atoms with Crippen molar-refractivity contribution in [1.82, 2.24) is 43.6 Å². The average Bonchev–Trinajstić information content (AvgIpc) is 4.07. The molecule has 7 rings (SSSR count). The molecule has 69 heavy (non-hydrogen) atoms. The number of ether oxygens (including phenoxy) is 3. The van der Waals surface area contributed by atoms with E-state index in [-0.39, 0.29) is 60.5 Å². The Hall–Kier alpha value is -8.15. The van der Waals surface area contributed by atoms with Crippen LogP contribution in [0.4, 0.5) is 16.7 Å². The van der Waals surface area contributed by atoms with Gasteiger partial charge in [0, 0.05) is 56.3 Å². The molecule has 6 N–H and O–H groups in total. The lowest BCUT2D eigenvalue weighted by molar-refractivity contribution is 0.0190. The largest absolute Gasteiger partial charge is 0.494 e. The van der Waals surface area contributed by atoms with Crippen LogP contribution < -0.4 is 31.6 Å². The first-order valence-electron chi connectivity index (χ1n) is 22.6. The highest BCUT2D eigenvalue weighted by Gasteiger charge is 2.28. The number of rotatable bonds is 15. The highest BCUT2D eigenvalue weighted by Crippen LogP contribution is 2.33. The van der Waals surface area contributed by atoms with Gasteiger partial charge in [0.2, 0.25) is 23.7 Å². The lowest BCUT2D eigenvalue weighted by Crippen LogP contribution is -2.42. The number of primary amides is 2. The number of fused-ring (bicyclic) bond motifs is 2. The van der Waals surface area contributed by atoms with Crippen LogP contribution in [0.2, 0.25) is 0 Å². The molecule has 0 bridgehead atoms. The fourth-order valence-corrected chi connectivity index (χ4v) is 8.07. The number of aryl methyl sites for hydroxylation is 4. The maximum atomic E-state index is 13.9. The minimum Gasteiger partial charge on any atom is -0.494 e. The molecule has 0 spiro atoms. The Balaban J connectivity index is 1.24. The van der Waals surface area contributed by atoms with E-state index in [1.54, 1.807) is 49.4 Å². The Bertz CT molecular complexity index is 3070. The first-order chi connectivity index (χ1) is 32.9. The van der Waals surface area contributed by atoms with E-state index in [1.165, 1.54) is 31.4 Å². The molecular formula is C48H57N13O8. The molecule has 5 heterocycles. The molecule has 4 aromatic heterocycles. The number of benzene rings is 2. The fourth-order valence-electron chi connectivity index (χ4n) is 8.07. The van der Waals surface area contributed by atoms with Crippen molar-refractivity contribution in [2.45, 2.75) is 93.1 Å². The van der Waals surface area contributed by atoms with Gasteiger partial charge in [0.05, 0.1) is 29.5 Å². The molecular weight excluding hydrogens is 887 g/mol. The van der Waals surface area contributed by atoms with Crippen LogP contribution >= 0.6 is 0 Å². The van der Waals surface area contributed by atoms with Crippen LogP contribution in [-0.4, -0.2) is 106 Å². The number of aromatic nitrogens is 8. The van der Waals surface area contributed by atoms with Crippen LogP contribution in [0.3, 0.4) is 0 Å². The summed E-state index contributed by atoms with van der Waals surface area (Å²) in [6.45, 7) is 14.9. The smallest absolute Gasteiger partial charge is 0.410 e. The molecule has 1 atom stereocenters. The van der Waals surface area contributed by atoms with Crippen molar-refractivity contribution in [1.29, 1.82) is 0 Å². The molecule has 0 aliphatic carbocycles. The van der Waals surface area contributed by atoms with Crippen LogP contribution in [0.1, 0.15) is 101 Å². The van der Waals surface area contributed by atoms with E-state index >= 15 is 0 Å². The number of nitrogens with two attached hydrogens (primary N) is 2. The molecule has 5 amide bonds. The molecule has 362 valence electrons. The summed E-state index contributed by atoms with van der Waals surface area (Å²) < 4.78 is 24.2. The average molecular weight is 944 g/mol. The summed E-state index contributed by atoms with van der Waals surface area (Å²) in [7, 11) is 1.45. The summed E-state index contributed by atoms with van der Waals surface area (Å²) in [6.07, 6.45) is 4.81. The van der Waals surface area contributed by atoms with Crippen molar-refractivity contribution in [2.75, 3.05) is 37.4 Å². The minimum absolute atomic E-state index is 0.0853. The van der Waals surface area contributed by atoms with Gasteiger partial charge in [-0.1, -0.05) is 24.0 Å². The maximum Gasteiger partial charge on any atom is 0.410 e. The van der Waals surface area contributed by atoms with Crippen LogP contribution in [0.5, 0.6) is 11.5 Å². The predicted octanol–water partition coefficient (Wildman–Crippen LogP) is 5.43. The predicted molar refractivity (Wildman–Crippen MR) is 257 cm³/mol. The standard InChI is InChI=1S/C48H57N13O8/c1-9-60-35(21-28(3)55-60)43(64)53-45-51-33-23-31(41(49)62)25-37(67-8)39(33)58(45)18-11-12-19-59-40-34(52-46(59)54-44(65)36-22-29(4)56-61(36)10-2)24-32(42(50)63)26-38(40)68-20-14-16-30-15-13-17-57(27-30)47(66)69-48(5,6)7/h11-12,21-26,30H,9-10,13,15,17-20,27H2,1-8H3,(H2,49,62)(H2,50,63)(H,51,53,64)(H,52,54,65)/b12-11+. The van der Waals surface area contributed by atoms with Crippen LogP contribution in [0, 0.1) is 31.6 Å². The van der Waals surface area contributed by atoms with Crippen molar-refractivity contribution in [3.05, 3.63) is 82.5 Å². The van der Waals surface area contributed by atoms with Gasteiger partial charge in [0.1, 0.15) is 46.1 Å². The summed E-state index contributed by atoms with van der Waals surface area (Å²) in [5.41, 5.74) is 14.6. The number of amides is 5. The molecule has 0 radical (unpaired) electrons. The monoisotopic (exact) mass is 943 g/mol. The summed E-state index contributed by atoms with van der Waals surface area (Å²) in [4.78, 5) is 76.5. The molecule has 0 saturated carbocycles. The van der Waals surface area contributed by atoms with Gasteiger partial charge >= 0.3 is 6.09 Å². The van der Waals surface area contributed by atoms with E-state index in [1.807, 2.05) is 46.8 Å². The summed E-state index contributed by atoms with van der Waals surface area (Å²) in [6, 6.07) is 9.40. The van der Waals surface area contributed by atoms with E-state index < -0.39 is 29.2 Å². The third-order valence-electron chi connectivity index (χ3n) is 11.1. The first-order valence-corrected chi connectivity index (χ1v) is 22.6. The van der Waals surface area contributed by atoms with E-state index in [9.17, 15) is 24.0 Å². The number of allylic oxidation sites excluding steroid dienone is 2. The number of hydrogen-bond acceptors (Lipinski definition) is 12. The van der Waals surface area contributed by atoms with Crippen molar-refractivity contribution in [3.8, 4) is 23.3 Å². The van der Waals surface area contributed by atoms with Crippen molar-refractivity contribution in [2.24, 2.45) is 17.4 Å². The number of nitrogens with one attached hydrogen (secondary N) is 2. The second-order valence-electron chi connectivity index (χ2n) is 17.4. The molecule has 1 aliphatic heterocycles. The van der Waals surface area contributed by atoms with Gasteiger partial charge in [-0.2, -0.15) is 10.2 Å². The molecule has 2 aromatic carbocycles. The van der Waals surface area contributed by atoms with Gasteiger partial charge in [-0.25, -0.2) is 14.8 Å². The number of hydrogen-bond donors (Lipinski definition) is 4. The molecule has 1 saturated heterocycles. The van der Waals surface area contributed by atoms with Gasteiger partial charge in [0.25, 0.3) is 11.8 Å². The SMILES string of the molecule is CCn1nc(C)cc1C(=O)Nc1nc2cc(C(N)=O)cc(OC)c2n1C/C=C/Cn1c(NC(=O)c2cc(C)nn2CC)nc2cc(C(N)=O)cc(OCC#CC3CCCN(C(=O)OC(C)(C)C)C3)c21. The number of carbonyl (C=O) groups is 5. The Morgan fingerprint density at radius 2 is 1.29 bits per heavy atom. The topological polar surface area (TPSA) is 264 Å². The number of imidazole rings is 2. The first kappa shape index (κ1) is 48.8. The number of nitrogens with zero attached hydrogens (tertiary/aromatic N) is 9. The molecule has 21 heteroatoms. The van der Waals surface area contributed by atoms with E-state index in [4.69, 9.17) is 35.6 Å². The lowest BCUT2D eigenvalue weighted by atomic mass is 9.99. The fraction of sp³-hybridized carbons (Fsp3) is 0.396. The minimum atomic E-state index is -0.720. The molecule has 1 fully saturated rings. The van der Waals surface area contributed by atoms with Gasteiger partial charge < -0.3 is 39.7 Å². The summed E-state index contributed by atoms with van der Waals surface area (Å²) in [5, 5.41) is 14.7. The number of anilines is 2. The number of likely N-dealkylation sites (tertiary alicyclic amines) is 1. The van der Waals surface area contributed by atoms with Crippen molar-refractivity contribution in [3.63, 3.8) is 0 Å². The lowest BCUT2D eigenvalue weighted by Gasteiger charge is -2.32. The van der Waals surface area contributed by atoms with Gasteiger partial charge in [-0.15, -0.1) is 0 Å². The Labute approximate surface area is 398 Å². The zero-order valence-electron chi connectivity index (χ0n) is 40.0. The Kier molecular flexibility index (Phi) is 14.4. The third-order valence-corrected chi connectivity index (χ3v) is 11.1. The highest BCUT2D eigenvalue weighted by molar-refractivity contribution is 6.05. The van der Waals surface area contributed by atoms with Gasteiger partial charge in [0.15, 0.2) is 0 Å². The van der Waals surface area contributed by atoms with E-state index in [0.29, 0.717) is 76.8 Å². The summed E-state index contributed by atoms with van der Waals surface area (Å²) >= 11 is 0. The Morgan fingerprint density at radius 3 is 1.77 bits per heavy atom. The molecule has 1 aliphatic rings. The van der Waals surface area contributed by atoms with Crippen LogP contribution in [-0.2, 0) is 30.9 Å². The maximum absolute atomic E-state index is 13.9. The Morgan fingerprint density at radius 1 is 0.783 bits per heavy atom. The van der Waals surface area contributed by atoms with Crippen molar-refractivity contribution < 1.29 is 38.2 Å². The molecule has 1 unspecified atom stereocenters. The zero-order valence-corrected chi connectivity index (χ0v) is 40.0. The van der Waals surface area contributed by atoms with Crippen LogP contribution in [0.25, 0.3) is 22.1 Å². The number of carbonyl (C=O) groups excluding carboxylic acids is 5. The highest BCUT2D eigenvalue weighted by atomic mass is 16.6. The van der Waals surface area contributed by atoms with Crippen LogP contribution in [0.15, 0.2) is 48.6 Å². The number of methoxy groups -OCH3 is 1. The number of piperidine rings is 1. The third kappa shape index (κ3) is 11.0. The second kappa shape index (κ2) is 20.4. The second-order valence-corrected chi connectivity index (χ2v) is 17.4.